The van der Waals surface area contributed by atoms with Gasteiger partial charge in [0.1, 0.15) is 6.04 Å². The van der Waals surface area contributed by atoms with Gasteiger partial charge in [-0.1, -0.05) is 18.7 Å². The second-order valence-electron chi connectivity index (χ2n) is 4.51. The molecule has 1 aromatic carbocycles. The highest BCUT2D eigenvalue weighted by Crippen LogP contribution is 2.26. The fourth-order valence-electron chi connectivity index (χ4n) is 1.55. The van der Waals surface area contributed by atoms with Crippen molar-refractivity contribution in [1.82, 2.24) is 10.6 Å². The molecular weight excluding hydrogens is 328 g/mol. The SMILES string of the molecule is CCCNC(=O)[C@@H](C)NC(=S)Nc1ccc(SC(F)F)cc1. The third-order valence-electron chi connectivity index (χ3n) is 2.63. The molecule has 22 heavy (non-hydrogen) atoms. The molecule has 0 saturated heterocycles. The third-order valence-corrected chi connectivity index (χ3v) is 3.57. The molecule has 1 amide bonds. The van der Waals surface area contributed by atoms with Crippen LogP contribution in [0.2, 0.25) is 0 Å². The van der Waals surface area contributed by atoms with Crippen molar-refractivity contribution in [3.63, 3.8) is 0 Å². The standard InChI is InChI=1S/C14H19F2N3OS2/c1-3-8-17-12(20)9(2)18-14(21)19-10-4-6-11(7-5-10)22-13(15)16/h4-7,9,13H,3,8H2,1-2H3,(H,17,20)(H2,18,19,21)/t9-/m1/s1. The Morgan fingerprint density at radius 2 is 1.95 bits per heavy atom. The highest BCUT2D eigenvalue weighted by atomic mass is 32.2. The number of halogens is 2. The summed E-state index contributed by atoms with van der Waals surface area (Å²) in [5.41, 5.74) is 0.664. The Bertz CT molecular complexity index is 497. The van der Waals surface area contributed by atoms with Crippen LogP contribution in [0.25, 0.3) is 0 Å². The molecule has 1 rings (SSSR count). The van der Waals surface area contributed by atoms with E-state index >= 15 is 0 Å². The summed E-state index contributed by atoms with van der Waals surface area (Å²) in [5.74, 6) is -2.57. The molecule has 1 aromatic rings. The van der Waals surface area contributed by atoms with E-state index in [1.165, 1.54) is 0 Å². The molecular formula is C14H19F2N3OS2. The predicted molar refractivity (Wildman–Crippen MR) is 90.4 cm³/mol. The number of thiocarbonyl (C=S) groups is 1. The predicted octanol–water partition coefficient (Wildman–Crippen LogP) is 3.20. The van der Waals surface area contributed by atoms with Gasteiger partial charge in [-0.25, -0.2) is 0 Å². The smallest absolute Gasteiger partial charge is 0.288 e. The second kappa shape index (κ2) is 9.58. The van der Waals surface area contributed by atoms with E-state index in [9.17, 15) is 13.6 Å². The van der Waals surface area contributed by atoms with Crippen LogP contribution in [0.15, 0.2) is 29.2 Å². The summed E-state index contributed by atoms with van der Waals surface area (Å²) in [7, 11) is 0. The van der Waals surface area contributed by atoms with Gasteiger partial charge in [0.15, 0.2) is 5.11 Å². The number of carbonyl (C=O) groups excluding carboxylic acids is 1. The fraction of sp³-hybridized carbons (Fsp3) is 0.429. The molecule has 0 bridgehead atoms. The molecule has 8 heteroatoms. The minimum Gasteiger partial charge on any atom is -0.354 e. The zero-order valence-electron chi connectivity index (χ0n) is 12.4. The lowest BCUT2D eigenvalue weighted by molar-refractivity contribution is -0.122. The van der Waals surface area contributed by atoms with Crippen molar-refractivity contribution in [2.75, 3.05) is 11.9 Å². The summed E-state index contributed by atoms with van der Waals surface area (Å²) in [6, 6.07) is 6.01. The number of thioether (sulfide) groups is 1. The first-order valence-electron chi connectivity index (χ1n) is 6.82. The molecule has 0 spiro atoms. The number of hydrogen-bond donors (Lipinski definition) is 3. The summed E-state index contributed by atoms with van der Waals surface area (Å²) in [4.78, 5) is 12.2. The molecule has 0 heterocycles. The lowest BCUT2D eigenvalue weighted by Crippen LogP contribution is -2.46. The van der Waals surface area contributed by atoms with E-state index in [1.54, 1.807) is 31.2 Å². The molecule has 1 atom stereocenters. The van der Waals surface area contributed by atoms with Gasteiger partial charge in [-0.05, 0) is 49.8 Å². The monoisotopic (exact) mass is 347 g/mol. The van der Waals surface area contributed by atoms with E-state index in [1.807, 2.05) is 6.92 Å². The summed E-state index contributed by atoms with van der Waals surface area (Å²) < 4.78 is 24.4. The molecule has 0 radical (unpaired) electrons. The molecule has 0 fully saturated rings. The van der Waals surface area contributed by atoms with Crippen molar-refractivity contribution in [2.45, 2.75) is 37.0 Å². The Hall–Kier alpha value is -1.41. The molecule has 0 saturated carbocycles. The van der Waals surface area contributed by atoms with E-state index in [0.29, 0.717) is 34.0 Å². The first-order chi connectivity index (χ1) is 10.4. The number of anilines is 1. The first kappa shape index (κ1) is 18.6. The van der Waals surface area contributed by atoms with Gasteiger partial charge >= 0.3 is 0 Å². The Labute approximate surface area is 138 Å². The topological polar surface area (TPSA) is 53.2 Å². The van der Waals surface area contributed by atoms with E-state index in [0.717, 1.165) is 6.42 Å². The Balaban J connectivity index is 2.46. The number of amides is 1. The maximum Gasteiger partial charge on any atom is 0.288 e. The minimum absolute atomic E-state index is 0.130. The van der Waals surface area contributed by atoms with Crippen molar-refractivity contribution in [3.05, 3.63) is 24.3 Å². The molecule has 0 aliphatic heterocycles. The maximum absolute atomic E-state index is 12.2. The van der Waals surface area contributed by atoms with E-state index < -0.39 is 11.8 Å². The van der Waals surface area contributed by atoms with Crippen LogP contribution in [-0.4, -0.2) is 29.4 Å². The third kappa shape index (κ3) is 7.04. The van der Waals surface area contributed by atoms with Gasteiger partial charge in [-0.3, -0.25) is 4.79 Å². The lowest BCUT2D eigenvalue weighted by atomic mass is 10.3. The molecule has 4 nitrogen and oxygen atoms in total. The van der Waals surface area contributed by atoms with Crippen LogP contribution in [0, 0.1) is 0 Å². The van der Waals surface area contributed by atoms with Gasteiger partial charge in [0.05, 0.1) is 0 Å². The zero-order valence-corrected chi connectivity index (χ0v) is 14.0. The Kier molecular flexibility index (Phi) is 8.11. The van der Waals surface area contributed by atoms with Crippen molar-refractivity contribution in [2.24, 2.45) is 0 Å². The summed E-state index contributed by atoms with van der Waals surface area (Å²) in [6.45, 7) is 4.30. The van der Waals surface area contributed by atoms with Gasteiger partial charge in [0.2, 0.25) is 5.91 Å². The van der Waals surface area contributed by atoms with Crippen molar-refractivity contribution >= 4 is 40.7 Å². The molecule has 0 aliphatic carbocycles. The van der Waals surface area contributed by atoms with E-state index in [-0.39, 0.29) is 5.91 Å². The van der Waals surface area contributed by atoms with Gasteiger partial charge < -0.3 is 16.0 Å². The van der Waals surface area contributed by atoms with Gasteiger partial charge in [-0.2, -0.15) is 8.78 Å². The molecule has 3 N–H and O–H groups in total. The molecule has 122 valence electrons. The largest absolute Gasteiger partial charge is 0.354 e. The van der Waals surface area contributed by atoms with Crippen molar-refractivity contribution in [3.8, 4) is 0 Å². The average molecular weight is 347 g/mol. The lowest BCUT2D eigenvalue weighted by Gasteiger charge is -2.16. The zero-order chi connectivity index (χ0) is 16.5. The Morgan fingerprint density at radius 3 is 2.50 bits per heavy atom. The molecule has 0 aromatic heterocycles. The number of benzene rings is 1. The van der Waals surface area contributed by atoms with Crippen LogP contribution in [0.1, 0.15) is 20.3 Å². The van der Waals surface area contributed by atoms with E-state index in [4.69, 9.17) is 12.2 Å². The maximum atomic E-state index is 12.2. The quantitative estimate of drug-likeness (QED) is 0.522. The van der Waals surface area contributed by atoms with Gasteiger partial charge in [0, 0.05) is 17.1 Å². The number of rotatable bonds is 7. The van der Waals surface area contributed by atoms with Crippen molar-refractivity contribution in [1.29, 1.82) is 0 Å². The van der Waals surface area contributed by atoms with Crippen LogP contribution in [0.5, 0.6) is 0 Å². The minimum atomic E-state index is -2.44. The molecule has 0 unspecified atom stereocenters. The van der Waals surface area contributed by atoms with Crippen LogP contribution < -0.4 is 16.0 Å². The van der Waals surface area contributed by atoms with Gasteiger partial charge in [-0.15, -0.1) is 0 Å². The first-order valence-corrected chi connectivity index (χ1v) is 8.11. The highest BCUT2D eigenvalue weighted by Gasteiger charge is 2.13. The number of alkyl halides is 2. The van der Waals surface area contributed by atoms with E-state index in [2.05, 4.69) is 16.0 Å². The number of nitrogens with one attached hydrogen (secondary N) is 3. The van der Waals surface area contributed by atoms with Crippen molar-refractivity contribution < 1.29 is 13.6 Å². The summed E-state index contributed by atoms with van der Waals surface area (Å²) in [5, 5.41) is 8.84. The average Bonchev–Trinajstić information content (AvgIpc) is 2.46. The number of hydrogen-bond acceptors (Lipinski definition) is 3. The second-order valence-corrected chi connectivity index (χ2v) is 5.99. The van der Waals surface area contributed by atoms with Gasteiger partial charge in [0.25, 0.3) is 5.76 Å². The molecule has 0 aliphatic rings. The van der Waals surface area contributed by atoms with Crippen LogP contribution >= 0.6 is 24.0 Å². The van der Waals surface area contributed by atoms with Crippen LogP contribution in [-0.2, 0) is 4.79 Å². The van der Waals surface area contributed by atoms with Crippen LogP contribution in [0.3, 0.4) is 0 Å². The normalized spacial score (nSPS) is 11.9. The number of carbonyl (C=O) groups is 1. The highest BCUT2D eigenvalue weighted by molar-refractivity contribution is 7.99. The summed E-state index contributed by atoms with van der Waals surface area (Å²) >= 11 is 5.61. The van der Waals surface area contributed by atoms with Crippen LogP contribution in [0.4, 0.5) is 14.5 Å². The fourth-order valence-corrected chi connectivity index (χ4v) is 2.34. The summed E-state index contributed by atoms with van der Waals surface area (Å²) in [6.07, 6.45) is 0.865. The Morgan fingerprint density at radius 1 is 1.32 bits per heavy atom.